The molecule has 2 radical (unpaired) electrons. The zero-order chi connectivity index (χ0) is 15.5. The number of carbonyl (C=O) groups excluding carboxylic acids is 1. The molecule has 1 aromatic carbocycles. The van der Waals surface area contributed by atoms with Crippen LogP contribution in [0.2, 0.25) is 0 Å². The molecule has 6 nitrogen and oxygen atoms in total. The topological polar surface area (TPSA) is 74.2 Å². The van der Waals surface area contributed by atoms with Gasteiger partial charge in [0.2, 0.25) is 0 Å². The number of aliphatic hydroxyl groups excluding tert-OH is 1. The lowest BCUT2D eigenvalue weighted by Crippen LogP contribution is -2.45. The van der Waals surface area contributed by atoms with Crippen LogP contribution in [-0.2, 0) is 11.3 Å². The first-order chi connectivity index (χ1) is 10.6. The maximum absolute atomic E-state index is 12.1. The van der Waals surface area contributed by atoms with Gasteiger partial charge in [0.25, 0.3) is 0 Å². The predicted octanol–water partition coefficient (Wildman–Crippen LogP) is 0.729. The Bertz CT molecular complexity index is 630. The zero-order valence-corrected chi connectivity index (χ0v) is 12.0. The molecule has 112 valence electrons. The van der Waals surface area contributed by atoms with Gasteiger partial charge in [-0.3, -0.25) is 0 Å². The Balaban J connectivity index is 1.59. The lowest BCUT2D eigenvalue weighted by atomic mass is 9.99. The molecule has 1 amide bonds. The number of nitrogens with zero attached hydrogens (tertiary/aromatic N) is 2. The van der Waals surface area contributed by atoms with Gasteiger partial charge in [0, 0.05) is 30.0 Å². The molecule has 22 heavy (non-hydrogen) atoms. The van der Waals surface area contributed by atoms with Crippen molar-refractivity contribution >= 4 is 19.7 Å². The van der Waals surface area contributed by atoms with E-state index in [4.69, 9.17) is 12.6 Å². The number of amidine groups is 1. The molecule has 2 aliphatic heterocycles. The highest BCUT2D eigenvalue weighted by Gasteiger charge is 2.29. The molecule has 3 rings (SSSR count). The number of ether oxygens (including phenoxy) is 1. The van der Waals surface area contributed by atoms with E-state index in [1.165, 1.54) is 0 Å². The normalized spacial score (nSPS) is 20.9. The summed E-state index contributed by atoms with van der Waals surface area (Å²) in [5.41, 5.74) is 2.64. The second-order valence-corrected chi connectivity index (χ2v) is 5.23. The van der Waals surface area contributed by atoms with Gasteiger partial charge in [0.05, 0.1) is 6.54 Å². The molecule has 0 saturated carbocycles. The van der Waals surface area contributed by atoms with Crippen LogP contribution in [0.5, 0.6) is 0 Å². The number of rotatable bonds is 2. The Morgan fingerprint density at radius 1 is 1.45 bits per heavy atom. The maximum atomic E-state index is 12.1. The molecule has 2 heterocycles. The minimum Gasteiger partial charge on any atom is -0.445 e. The smallest absolute Gasteiger partial charge is 0.410 e. The first-order valence-corrected chi connectivity index (χ1v) is 7.09. The summed E-state index contributed by atoms with van der Waals surface area (Å²) in [7, 11) is 5.58. The van der Waals surface area contributed by atoms with Crippen molar-refractivity contribution in [3.8, 4) is 0 Å². The Hall–Kier alpha value is -2.28. The molecule has 2 aliphatic rings. The van der Waals surface area contributed by atoms with Gasteiger partial charge in [-0.25, -0.2) is 9.79 Å². The van der Waals surface area contributed by atoms with E-state index in [1.54, 1.807) is 4.90 Å². The number of hydrogen-bond donors (Lipinski definition) is 2. The Morgan fingerprint density at radius 3 is 3.00 bits per heavy atom. The van der Waals surface area contributed by atoms with Gasteiger partial charge in [0.1, 0.15) is 6.61 Å². The zero-order valence-electron chi connectivity index (χ0n) is 12.0. The fraction of sp³-hybridized carbons (Fsp3) is 0.333. The van der Waals surface area contributed by atoms with E-state index in [0.29, 0.717) is 18.5 Å². The number of aliphatic hydroxyl groups is 1. The summed E-state index contributed by atoms with van der Waals surface area (Å²) < 4.78 is 5.31. The van der Waals surface area contributed by atoms with Crippen LogP contribution < -0.4 is 5.32 Å². The molecule has 1 aromatic rings. The largest absolute Gasteiger partial charge is 0.445 e. The third-order valence-corrected chi connectivity index (χ3v) is 3.70. The molecule has 2 N–H and O–H groups in total. The van der Waals surface area contributed by atoms with Crippen LogP contribution in [0.1, 0.15) is 12.0 Å². The fourth-order valence-electron chi connectivity index (χ4n) is 2.53. The van der Waals surface area contributed by atoms with E-state index in [0.717, 1.165) is 11.3 Å². The van der Waals surface area contributed by atoms with Crippen molar-refractivity contribution in [3.63, 3.8) is 0 Å². The summed E-state index contributed by atoms with van der Waals surface area (Å²) in [5, 5.41) is 12.9. The molecule has 0 aromatic heterocycles. The Kier molecular flexibility index (Phi) is 4.15. The van der Waals surface area contributed by atoms with Crippen LogP contribution in [-0.4, -0.2) is 49.0 Å². The maximum Gasteiger partial charge on any atom is 0.410 e. The van der Waals surface area contributed by atoms with E-state index in [-0.39, 0.29) is 18.9 Å². The van der Waals surface area contributed by atoms with Gasteiger partial charge in [-0.2, -0.15) is 0 Å². The molecular weight excluding hydrogens is 281 g/mol. The van der Waals surface area contributed by atoms with Gasteiger partial charge < -0.3 is 20.1 Å². The minimum absolute atomic E-state index is 0.200. The van der Waals surface area contributed by atoms with E-state index >= 15 is 0 Å². The summed E-state index contributed by atoms with van der Waals surface area (Å²) in [6.07, 6.45) is -0.811. The SMILES string of the molecule is [B]C1=NC(O)C2=C(CCN(C(=O)OCc3ccccc3)C2)N1. The number of carbonyl (C=O) groups is 1. The van der Waals surface area contributed by atoms with Crippen molar-refractivity contribution in [1.29, 1.82) is 0 Å². The quantitative estimate of drug-likeness (QED) is 0.789. The highest BCUT2D eigenvalue weighted by molar-refractivity contribution is 6.59. The fourth-order valence-corrected chi connectivity index (χ4v) is 2.53. The number of benzene rings is 1. The highest BCUT2D eigenvalue weighted by atomic mass is 16.6. The number of amides is 1. The van der Waals surface area contributed by atoms with Gasteiger partial charge in [0.15, 0.2) is 14.1 Å². The molecule has 0 bridgehead atoms. The third kappa shape index (κ3) is 3.14. The van der Waals surface area contributed by atoms with E-state index in [1.807, 2.05) is 30.3 Å². The highest BCUT2D eigenvalue weighted by Crippen LogP contribution is 2.23. The summed E-state index contributed by atoms with van der Waals surface area (Å²) in [6, 6.07) is 9.50. The van der Waals surface area contributed by atoms with Gasteiger partial charge in [-0.05, 0) is 5.56 Å². The van der Waals surface area contributed by atoms with Crippen molar-refractivity contribution in [3.05, 3.63) is 47.2 Å². The molecule has 1 unspecified atom stereocenters. The lowest BCUT2D eigenvalue weighted by molar-refractivity contribution is 0.0933. The first-order valence-electron chi connectivity index (χ1n) is 7.09. The molecule has 0 fully saturated rings. The van der Waals surface area contributed by atoms with Crippen molar-refractivity contribution in [2.45, 2.75) is 19.3 Å². The number of hydrogen-bond acceptors (Lipinski definition) is 5. The minimum atomic E-state index is -0.999. The molecule has 7 heteroatoms. The van der Waals surface area contributed by atoms with Crippen molar-refractivity contribution in [2.75, 3.05) is 13.1 Å². The molecule has 0 spiro atoms. The standard InChI is InChI=1S/C15H16BN3O3/c16-14-17-12-6-7-19(8-11(12)13(20)18-14)15(21)22-9-10-4-2-1-3-5-10/h1-5,13,20H,6-9H2,(H,17,18). The van der Waals surface area contributed by atoms with E-state index in [2.05, 4.69) is 10.3 Å². The van der Waals surface area contributed by atoms with Crippen LogP contribution in [0, 0.1) is 0 Å². The van der Waals surface area contributed by atoms with Crippen LogP contribution >= 0.6 is 0 Å². The van der Waals surface area contributed by atoms with Crippen LogP contribution in [0.3, 0.4) is 0 Å². The average Bonchev–Trinajstić information content (AvgIpc) is 2.53. The Morgan fingerprint density at radius 2 is 2.23 bits per heavy atom. The van der Waals surface area contributed by atoms with Crippen molar-refractivity contribution in [1.82, 2.24) is 10.2 Å². The first kappa shape index (κ1) is 14.7. The number of aliphatic imine (C=N–C) groups is 1. The van der Waals surface area contributed by atoms with Crippen LogP contribution in [0.25, 0.3) is 0 Å². The average molecular weight is 297 g/mol. The molecule has 1 atom stereocenters. The molecule has 0 saturated heterocycles. The summed E-state index contributed by atoms with van der Waals surface area (Å²) in [5.74, 6) is 0. The van der Waals surface area contributed by atoms with E-state index < -0.39 is 12.3 Å². The molecule has 0 aliphatic carbocycles. The summed E-state index contributed by atoms with van der Waals surface area (Å²) in [4.78, 5) is 17.6. The number of nitrogens with one attached hydrogen (secondary N) is 1. The third-order valence-electron chi connectivity index (χ3n) is 3.70. The van der Waals surface area contributed by atoms with Crippen molar-refractivity contribution in [2.24, 2.45) is 4.99 Å². The second-order valence-electron chi connectivity index (χ2n) is 5.23. The van der Waals surface area contributed by atoms with Gasteiger partial charge in [-0.15, -0.1) is 0 Å². The Labute approximate surface area is 129 Å². The van der Waals surface area contributed by atoms with Crippen LogP contribution in [0.4, 0.5) is 4.79 Å². The van der Waals surface area contributed by atoms with Gasteiger partial charge in [-0.1, -0.05) is 30.3 Å². The molecular formula is C15H16BN3O3. The van der Waals surface area contributed by atoms with Crippen molar-refractivity contribution < 1.29 is 14.6 Å². The summed E-state index contributed by atoms with van der Waals surface area (Å²) in [6.45, 7) is 1.03. The van der Waals surface area contributed by atoms with Crippen LogP contribution in [0.15, 0.2) is 46.6 Å². The second kappa shape index (κ2) is 6.23. The van der Waals surface area contributed by atoms with E-state index in [9.17, 15) is 9.90 Å². The summed E-state index contributed by atoms with van der Waals surface area (Å²) >= 11 is 0. The monoisotopic (exact) mass is 297 g/mol. The predicted molar refractivity (Wildman–Crippen MR) is 82.2 cm³/mol. The van der Waals surface area contributed by atoms with Gasteiger partial charge >= 0.3 is 6.09 Å². The lowest BCUT2D eigenvalue weighted by Gasteiger charge is -2.34.